The van der Waals surface area contributed by atoms with Crippen LogP contribution in [-0.2, 0) is 6.42 Å². The minimum Gasteiger partial charge on any atom is -0.497 e. The number of rotatable bonds is 7. The summed E-state index contributed by atoms with van der Waals surface area (Å²) in [7, 11) is 1.70. The minimum absolute atomic E-state index is 0.625. The molecule has 0 aliphatic carbocycles. The number of ether oxygens (including phenoxy) is 1. The van der Waals surface area contributed by atoms with Crippen LogP contribution < -0.4 is 4.74 Å². The number of methoxy groups -OCH3 is 1. The zero-order valence-electron chi connectivity index (χ0n) is 12.8. The number of benzene rings is 2. The van der Waals surface area contributed by atoms with Gasteiger partial charge in [0.15, 0.2) is 0 Å². The van der Waals surface area contributed by atoms with E-state index < -0.39 is 0 Å². The quantitative estimate of drug-likeness (QED) is 0.622. The molecule has 1 atom stereocenters. The average molecular weight is 303 g/mol. The van der Waals surface area contributed by atoms with E-state index in [0.29, 0.717) is 5.92 Å². The van der Waals surface area contributed by atoms with Gasteiger partial charge in [0.2, 0.25) is 0 Å². The van der Waals surface area contributed by atoms with E-state index in [2.05, 4.69) is 31.2 Å². The zero-order chi connectivity index (χ0) is 15.1. The summed E-state index contributed by atoms with van der Waals surface area (Å²) in [5.74, 6) is 1.55. The van der Waals surface area contributed by atoms with E-state index >= 15 is 0 Å². The lowest BCUT2D eigenvalue weighted by Crippen LogP contribution is -1.98. The highest BCUT2D eigenvalue weighted by Crippen LogP contribution is 2.26. The first-order valence-electron chi connectivity index (χ1n) is 7.61. The summed E-state index contributed by atoms with van der Waals surface area (Å²) in [6, 6.07) is 16.7. The van der Waals surface area contributed by atoms with Crippen molar-refractivity contribution in [2.45, 2.75) is 38.5 Å². The Bertz CT molecular complexity index is 530. The molecular formula is C19H23ClO. The van der Waals surface area contributed by atoms with Crippen LogP contribution >= 0.6 is 11.6 Å². The molecule has 1 nitrogen and oxygen atoms in total. The first-order chi connectivity index (χ1) is 10.2. The number of aryl methyl sites for hydroxylation is 1. The average Bonchev–Trinajstić information content (AvgIpc) is 2.53. The molecule has 2 aromatic rings. The third-order valence-electron chi connectivity index (χ3n) is 4.01. The molecule has 0 spiro atoms. The summed E-state index contributed by atoms with van der Waals surface area (Å²) >= 11 is 5.96. The molecule has 0 aromatic heterocycles. The van der Waals surface area contributed by atoms with Crippen molar-refractivity contribution in [3.63, 3.8) is 0 Å². The topological polar surface area (TPSA) is 9.23 Å². The normalized spacial score (nSPS) is 12.1. The summed E-state index contributed by atoms with van der Waals surface area (Å²) in [4.78, 5) is 0. The first-order valence-corrected chi connectivity index (χ1v) is 7.99. The fourth-order valence-electron chi connectivity index (χ4n) is 2.69. The molecule has 0 bridgehead atoms. The van der Waals surface area contributed by atoms with E-state index in [9.17, 15) is 0 Å². The van der Waals surface area contributed by atoms with Crippen LogP contribution in [0.5, 0.6) is 5.75 Å². The van der Waals surface area contributed by atoms with Crippen LogP contribution in [0.3, 0.4) is 0 Å². The molecule has 21 heavy (non-hydrogen) atoms. The molecule has 1 unspecified atom stereocenters. The second-order valence-electron chi connectivity index (χ2n) is 5.40. The fourth-order valence-corrected chi connectivity index (χ4v) is 2.81. The van der Waals surface area contributed by atoms with Crippen LogP contribution in [0, 0.1) is 0 Å². The van der Waals surface area contributed by atoms with Crippen molar-refractivity contribution in [3.8, 4) is 5.75 Å². The molecular weight excluding hydrogens is 280 g/mol. The van der Waals surface area contributed by atoms with Crippen molar-refractivity contribution in [3.05, 3.63) is 64.7 Å². The summed E-state index contributed by atoms with van der Waals surface area (Å²) in [6.07, 6.45) is 4.70. The molecule has 0 fully saturated rings. The standard InChI is InChI=1S/C19H23ClO/c1-3-16(17-9-11-18(20)12-10-17)6-4-5-15-7-13-19(21-2)14-8-15/h7-14,16H,3-6H2,1-2H3. The monoisotopic (exact) mass is 302 g/mol. The molecule has 0 N–H and O–H groups in total. The largest absolute Gasteiger partial charge is 0.497 e. The van der Waals surface area contributed by atoms with Gasteiger partial charge in [-0.05, 0) is 67.0 Å². The fraction of sp³-hybridized carbons (Fsp3) is 0.368. The van der Waals surface area contributed by atoms with Crippen molar-refractivity contribution in [2.24, 2.45) is 0 Å². The predicted molar refractivity (Wildman–Crippen MR) is 90.4 cm³/mol. The van der Waals surface area contributed by atoms with Gasteiger partial charge in [0.25, 0.3) is 0 Å². The molecule has 0 saturated heterocycles. The van der Waals surface area contributed by atoms with Crippen molar-refractivity contribution in [1.82, 2.24) is 0 Å². The Morgan fingerprint density at radius 2 is 1.67 bits per heavy atom. The SMILES string of the molecule is CCC(CCCc1ccc(OC)cc1)c1ccc(Cl)cc1. The molecule has 112 valence electrons. The third kappa shape index (κ3) is 4.78. The summed E-state index contributed by atoms with van der Waals surface area (Å²) in [6.45, 7) is 2.26. The van der Waals surface area contributed by atoms with Crippen LogP contribution in [0.2, 0.25) is 5.02 Å². The van der Waals surface area contributed by atoms with E-state index in [1.165, 1.54) is 30.4 Å². The van der Waals surface area contributed by atoms with Crippen LogP contribution in [-0.4, -0.2) is 7.11 Å². The Morgan fingerprint density at radius 3 is 2.24 bits per heavy atom. The van der Waals surface area contributed by atoms with Gasteiger partial charge in [0.05, 0.1) is 7.11 Å². The van der Waals surface area contributed by atoms with Crippen molar-refractivity contribution >= 4 is 11.6 Å². The van der Waals surface area contributed by atoms with E-state index in [0.717, 1.165) is 17.2 Å². The molecule has 0 amide bonds. The Morgan fingerprint density at radius 1 is 1.00 bits per heavy atom. The van der Waals surface area contributed by atoms with E-state index in [1.54, 1.807) is 7.11 Å². The van der Waals surface area contributed by atoms with Crippen molar-refractivity contribution < 1.29 is 4.74 Å². The summed E-state index contributed by atoms with van der Waals surface area (Å²) < 4.78 is 5.19. The molecule has 0 saturated carbocycles. The maximum absolute atomic E-state index is 5.96. The lowest BCUT2D eigenvalue weighted by molar-refractivity contribution is 0.414. The zero-order valence-corrected chi connectivity index (χ0v) is 13.6. The second-order valence-corrected chi connectivity index (χ2v) is 5.83. The predicted octanol–water partition coefficient (Wildman–Crippen LogP) is 5.87. The van der Waals surface area contributed by atoms with E-state index in [4.69, 9.17) is 16.3 Å². The number of halogens is 1. The highest BCUT2D eigenvalue weighted by atomic mass is 35.5. The van der Waals surface area contributed by atoms with E-state index in [1.807, 2.05) is 24.3 Å². The molecule has 0 radical (unpaired) electrons. The summed E-state index contributed by atoms with van der Waals surface area (Å²) in [5, 5.41) is 0.812. The third-order valence-corrected chi connectivity index (χ3v) is 4.26. The van der Waals surface area contributed by atoms with Crippen LogP contribution in [0.4, 0.5) is 0 Å². The maximum atomic E-state index is 5.96. The first kappa shape index (κ1) is 15.9. The Labute approximate surface area is 132 Å². The van der Waals surface area contributed by atoms with Gasteiger partial charge < -0.3 is 4.74 Å². The number of hydrogen-bond acceptors (Lipinski definition) is 1. The molecule has 2 aromatic carbocycles. The molecule has 2 rings (SSSR count). The van der Waals surface area contributed by atoms with Crippen molar-refractivity contribution in [1.29, 1.82) is 0 Å². The van der Waals surface area contributed by atoms with Crippen LogP contribution in [0.15, 0.2) is 48.5 Å². The van der Waals surface area contributed by atoms with Gasteiger partial charge in [-0.1, -0.05) is 42.8 Å². The molecule has 0 heterocycles. The molecule has 0 aliphatic rings. The van der Waals surface area contributed by atoms with Gasteiger partial charge in [-0.25, -0.2) is 0 Å². The summed E-state index contributed by atoms with van der Waals surface area (Å²) in [5.41, 5.74) is 2.78. The van der Waals surface area contributed by atoms with Gasteiger partial charge >= 0.3 is 0 Å². The van der Waals surface area contributed by atoms with Gasteiger partial charge in [-0.2, -0.15) is 0 Å². The molecule has 2 heteroatoms. The van der Waals surface area contributed by atoms with E-state index in [-0.39, 0.29) is 0 Å². The van der Waals surface area contributed by atoms with Crippen LogP contribution in [0.1, 0.15) is 43.2 Å². The Balaban J connectivity index is 1.86. The van der Waals surface area contributed by atoms with Gasteiger partial charge in [-0.3, -0.25) is 0 Å². The highest BCUT2D eigenvalue weighted by Gasteiger charge is 2.09. The van der Waals surface area contributed by atoms with Crippen molar-refractivity contribution in [2.75, 3.05) is 7.11 Å². The smallest absolute Gasteiger partial charge is 0.118 e. The Hall–Kier alpha value is -1.47. The van der Waals surface area contributed by atoms with Gasteiger partial charge in [0.1, 0.15) is 5.75 Å². The number of hydrogen-bond donors (Lipinski definition) is 0. The second kappa shape index (κ2) is 8.09. The minimum atomic E-state index is 0.625. The Kier molecular flexibility index (Phi) is 6.13. The maximum Gasteiger partial charge on any atom is 0.118 e. The lowest BCUT2D eigenvalue weighted by atomic mass is 9.90. The van der Waals surface area contributed by atoms with Crippen LogP contribution in [0.25, 0.3) is 0 Å². The molecule has 0 aliphatic heterocycles. The highest BCUT2D eigenvalue weighted by molar-refractivity contribution is 6.30. The van der Waals surface area contributed by atoms with Gasteiger partial charge in [0, 0.05) is 5.02 Å². The lowest BCUT2D eigenvalue weighted by Gasteiger charge is -2.15. The van der Waals surface area contributed by atoms with Gasteiger partial charge in [-0.15, -0.1) is 0 Å².